The zero-order chi connectivity index (χ0) is 23.0. The first kappa shape index (κ1) is 22.7. The molecule has 2 aromatic heterocycles. The maximum absolute atomic E-state index is 12.6. The molecule has 1 aromatic carbocycles. The number of nitrogens with zero attached hydrogens (tertiary/aromatic N) is 5. The molecule has 1 saturated heterocycles. The van der Waals surface area contributed by atoms with Crippen molar-refractivity contribution in [2.45, 2.75) is 25.8 Å². The van der Waals surface area contributed by atoms with E-state index >= 15 is 0 Å². The Balaban J connectivity index is 1.39. The Morgan fingerprint density at radius 2 is 2.09 bits per heavy atom. The third-order valence-corrected chi connectivity index (χ3v) is 5.65. The number of thiocarbonyl (C=S) groups is 1. The van der Waals surface area contributed by atoms with Crippen molar-refractivity contribution in [3.63, 3.8) is 0 Å². The van der Waals surface area contributed by atoms with Crippen LogP contribution in [0.1, 0.15) is 18.4 Å². The lowest BCUT2D eigenvalue weighted by Gasteiger charge is -2.29. The van der Waals surface area contributed by atoms with Gasteiger partial charge >= 0.3 is 0 Å². The number of benzene rings is 1. The molecular weight excluding hydrogens is 434 g/mol. The summed E-state index contributed by atoms with van der Waals surface area (Å²) in [4.78, 5) is 32.0. The summed E-state index contributed by atoms with van der Waals surface area (Å²) < 4.78 is 0. The number of aryl methyl sites for hydroxylation is 1. The fraction of sp³-hybridized carbons (Fsp3) is 0.292. The molecule has 0 spiro atoms. The number of isothiocyanates is 1. The van der Waals surface area contributed by atoms with Crippen molar-refractivity contribution in [2.75, 3.05) is 30.3 Å². The molecule has 4 rings (SSSR count). The van der Waals surface area contributed by atoms with Crippen LogP contribution in [-0.4, -0.2) is 56.6 Å². The highest BCUT2D eigenvalue weighted by Crippen LogP contribution is 2.24. The van der Waals surface area contributed by atoms with Crippen LogP contribution >= 0.6 is 12.2 Å². The summed E-state index contributed by atoms with van der Waals surface area (Å²) in [5.41, 5.74) is 4.26. The van der Waals surface area contributed by atoms with Crippen molar-refractivity contribution in [1.82, 2.24) is 19.9 Å². The van der Waals surface area contributed by atoms with Gasteiger partial charge in [0, 0.05) is 48.6 Å². The number of piperidine rings is 1. The molecule has 0 atom stereocenters. The van der Waals surface area contributed by atoms with Crippen LogP contribution in [0.3, 0.4) is 0 Å². The Hall–Kier alpha value is -3.52. The van der Waals surface area contributed by atoms with Crippen molar-refractivity contribution in [3.05, 3.63) is 60.6 Å². The summed E-state index contributed by atoms with van der Waals surface area (Å²) in [5.74, 6) is 0.432. The van der Waals surface area contributed by atoms with Gasteiger partial charge in [0.25, 0.3) is 0 Å². The highest BCUT2D eigenvalue weighted by molar-refractivity contribution is 7.78. The number of pyridine rings is 1. The highest BCUT2D eigenvalue weighted by Gasteiger charge is 2.20. The van der Waals surface area contributed by atoms with E-state index in [2.05, 4.69) is 52.9 Å². The second kappa shape index (κ2) is 10.9. The third kappa shape index (κ3) is 6.26. The highest BCUT2D eigenvalue weighted by atomic mass is 32.1. The number of nitrogens with one attached hydrogen (secondary N) is 2. The summed E-state index contributed by atoms with van der Waals surface area (Å²) in [6.45, 7) is 3.99. The van der Waals surface area contributed by atoms with Gasteiger partial charge in [-0.25, -0.2) is 15.0 Å². The lowest BCUT2D eigenvalue weighted by Crippen LogP contribution is -2.40. The first-order valence-corrected chi connectivity index (χ1v) is 11.2. The van der Waals surface area contributed by atoms with Crippen molar-refractivity contribution in [3.8, 4) is 11.3 Å². The average Bonchev–Trinajstić information content (AvgIpc) is 2.83. The van der Waals surface area contributed by atoms with Gasteiger partial charge in [0.1, 0.15) is 0 Å². The van der Waals surface area contributed by atoms with E-state index in [9.17, 15) is 4.79 Å². The van der Waals surface area contributed by atoms with Gasteiger partial charge in [-0.1, -0.05) is 6.07 Å². The number of aromatic nitrogens is 3. The largest absolute Gasteiger partial charge is 0.325 e. The van der Waals surface area contributed by atoms with E-state index in [1.54, 1.807) is 18.6 Å². The predicted octanol–water partition coefficient (Wildman–Crippen LogP) is 4.10. The minimum absolute atomic E-state index is 0.0450. The number of hydrogen-bond donors (Lipinski definition) is 2. The van der Waals surface area contributed by atoms with Gasteiger partial charge < -0.3 is 10.6 Å². The Kier molecular flexibility index (Phi) is 7.47. The summed E-state index contributed by atoms with van der Waals surface area (Å²) in [6.07, 6.45) is 6.99. The first-order chi connectivity index (χ1) is 16.1. The van der Waals surface area contributed by atoms with E-state index in [0.29, 0.717) is 12.5 Å². The maximum atomic E-state index is 12.6. The van der Waals surface area contributed by atoms with Gasteiger partial charge in [0.2, 0.25) is 11.9 Å². The molecule has 0 radical (unpaired) electrons. The lowest BCUT2D eigenvalue weighted by atomic mass is 10.1. The van der Waals surface area contributed by atoms with Gasteiger partial charge in [0.15, 0.2) is 0 Å². The zero-order valence-electron chi connectivity index (χ0n) is 18.4. The summed E-state index contributed by atoms with van der Waals surface area (Å²) in [6, 6.07) is 11.6. The van der Waals surface area contributed by atoms with Crippen molar-refractivity contribution in [2.24, 2.45) is 4.99 Å². The number of amides is 1. The number of aliphatic imine (C=N–C) groups is 1. The van der Waals surface area contributed by atoms with Gasteiger partial charge in [-0.3, -0.25) is 14.7 Å². The Labute approximate surface area is 198 Å². The fourth-order valence-electron chi connectivity index (χ4n) is 3.73. The standard InChI is InChI=1S/C24H25N7OS/c1-17-4-5-20(28-23(32)15-31-11-7-19(8-12-31)27-16-33)13-22(17)30-24-26-10-6-21(29-24)18-3-2-9-25-14-18/h2-6,9-10,13-14,19H,7-8,11-12,15H2,1H3,(H,28,32)(H,26,29,30). The van der Waals surface area contributed by atoms with E-state index in [1.165, 1.54) is 0 Å². The molecule has 0 bridgehead atoms. The van der Waals surface area contributed by atoms with E-state index in [0.717, 1.165) is 54.1 Å². The van der Waals surface area contributed by atoms with Gasteiger partial charge in [0.05, 0.1) is 23.4 Å². The van der Waals surface area contributed by atoms with Crippen LogP contribution in [-0.2, 0) is 4.79 Å². The number of hydrogen-bond acceptors (Lipinski definition) is 8. The molecular formula is C24H25N7OS. The molecule has 1 fully saturated rings. The maximum Gasteiger partial charge on any atom is 0.238 e. The smallest absolute Gasteiger partial charge is 0.238 e. The van der Waals surface area contributed by atoms with Crippen molar-refractivity contribution < 1.29 is 4.79 Å². The molecule has 0 aliphatic carbocycles. The normalized spacial score (nSPS) is 14.3. The Morgan fingerprint density at radius 3 is 2.85 bits per heavy atom. The number of rotatable bonds is 7. The molecule has 8 nitrogen and oxygen atoms in total. The topological polar surface area (TPSA) is 95.4 Å². The third-order valence-electron chi connectivity index (χ3n) is 5.54. The molecule has 3 aromatic rings. The molecule has 2 N–H and O–H groups in total. The average molecular weight is 460 g/mol. The summed E-state index contributed by atoms with van der Waals surface area (Å²) >= 11 is 4.68. The van der Waals surface area contributed by atoms with E-state index in [-0.39, 0.29) is 11.9 Å². The Morgan fingerprint density at radius 1 is 1.24 bits per heavy atom. The van der Waals surface area contributed by atoms with Crippen LogP contribution in [0.5, 0.6) is 0 Å². The number of carbonyl (C=O) groups is 1. The lowest BCUT2D eigenvalue weighted by molar-refractivity contribution is -0.117. The summed E-state index contributed by atoms with van der Waals surface area (Å²) in [7, 11) is 0. The molecule has 0 saturated carbocycles. The predicted molar refractivity (Wildman–Crippen MR) is 133 cm³/mol. The molecule has 3 heterocycles. The SMILES string of the molecule is Cc1ccc(NC(=O)CN2CCC(N=C=S)CC2)cc1Nc1nccc(-c2cccnc2)n1. The molecule has 33 heavy (non-hydrogen) atoms. The van der Waals surface area contributed by atoms with E-state index in [1.807, 2.05) is 43.3 Å². The van der Waals surface area contributed by atoms with Crippen LogP contribution in [0.4, 0.5) is 17.3 Å². The molecule has 9 heteroatoms. The van der Waals surface area contributed by atoms with E-state index in [4.69, 9.17) is 0 Å². The van der Waals surface area contributed by atoms with Crippen molar-refractivity contribution in [1.29, 1.82) is 0 Å². The molecule has 1 amide bonds. The van der Waals surface area contributed by atoms with Crippen molar-refractivity contribution >= 4 is 40.6 Å². The minimum atomic E-state index is -0.0450. The fourth-order valence-corrected chi connectivity index (χ4v) is 3.88. The van der Waals surface area contributed by atoms with Gasteiger partial charge in [-0.05, 0) is 67.9 Å². The first-order valence-electron chi connectivity index (χ1n) is 10.8. The van der Waals surface area contributed by atoms with E-state index < -0.39 is 0 Å². The number of carbonyl (C=O) groups excluding carboxylic acids is 1. The van der Waals surface area contributed by atoms with Crippen LogP contribution in [0, 0.1) is 6.92 Å². The van der Waals surface area contributed by atoms with Crippen LogP contribution in [0.25, 0.3) is 11.3 Å². The molecule has 1 aliphatic rings. The summed E-state index contributed by atoms with van der Waals surface area (Å²) in [5, 5.41) is 8.72. The second-order valence-corrected chi connectivity index (χ2v) is 8.12. The quantitative estimate of drug-likeness (QED) is 0.406. The minimum Gasteiger partial charge on any atom is -0.325 e. The zero-order valence-corrected chi connectivity index (χ0v) is 19.2. The molecule has 0 unspecified atom stereocenters. The van der Waals surface area contributed by atoms with Gasteiger partial charge in [-0.15, -0.1) is 0 Å². The number of anilines is 3. The van der Waals surface area contributed by atoms with Crippen LogP contribution in [0.15, 0.2) is 60.0 Å². The van der Waals surface area contributed by atoms with Gasteiger partial charge in [-0.2, -0.15) is 0 Å². The Bertz CT molecular complexity index is 1160. The van der Waals surface area contributed by atoms with Crippen LogP contribution < -0.4 is 10.6 Å². The second-order valence-electron chi connectivity index (χ2n) is 7.94. The van der Waals surface area contributed by atoms with Crippen LogP contribution in [0.2, 0.25) is 0 Å². The monoisotopic (exact) mass is 459 g/mol. The number of likely N-dealkylation sites (tertiary alicyclic amines) is 1. The molecule has 168 valence electrons. The molecule has 1 aliphatic heterocycles.